The van der Waals surface area contributed by atoms with Gasteiger partial charge in [0.15, 0.2) is 0 Å². The van der Waals surface area contributed by atoms with E-state index in [0.717, 1.165) is 5.69 Å². The van der Waals surface area contributed by atoms with Gasteiger partial charge in [0.05, 0.1) is 18.7 Å². The second kappa shape index (κ2) is 5.65. The normalized spacial score (nSPS) is 14.5. The molecule has 1 aromatic heterocycles. The summed E-state index contributed by atoms with van der Waals surface area (Å²) < 4.78 is 6.51. The average molecular weight is 225 g/mol. The molecule has 0 fully saturated rings. The summed E-state index contributed by atoms with van der Waals surface area (Å²) in [5, 5.41) is 7.35. The molecular formula is C11H19N3O2. The number of nitrogens with one attached hydrogen (secondary N) is 1. The maximum atomic E-state index is 11.3. The molecule has 16 heavy (non-hydrogen) atoms. The molecule has 90 valence electrons. The molecule has 0 aliphatic rings. The van der Waals surface area contributed by atoms with Gasteiger partial charge in [-0.05, 0) is 13.0 Å². The monoisotopic (exact) mass is 225 g/mol. The molecular weight excluding hydrogens is 206 g/mol. The van der Waals surface area contributed by atoms with Crippen molar-refractivity contribution in [3.63, 3.8) is 0 Å². The van der Waals surface area contributed by atoms with Crippen molar-refractivity contribution in [1.29, 1.82) is 0 Å². The van der Waals surface area contributed by atoms with E-state index in [4.69, 9.17) is 4.74 Å². The van der Waals surface area contributed by atoms with Gasteiger partial charge in [0.25, 0.3) is 0 Å². The van der Waals surface area contributed by atoms with Gasteiger partial charge in [0, 0.05) is 25.8 Å². The minimum Gasteiger partial charge on any atom is -0.469 e. The highest BCUT2D eigenvalue weighted by molar-refractivity contribution is 5.72. The van der Waals surface area contributed by atoms with Crippen LogP contribution in [0.1, 0.15) is 19.5 Å². The standard InChI is InChI=1S/C11H19N3O2/c1-8(11(15)16-4)9(2)12-7-10-5-6-13-14(10)3/h5-6,8-9,12H,7H2,1-4H3. The summed E-state index contributed by atoms with van der Waals surface area (Å²) in [6.45, 7) is 4.52. The number of hydrogen-bond donors (Lipinski definition) is 1. The van der Waals surface area contributed by atoms with Crippen LogP contribution in [0.2, 0.25) is 0 Å². The van der Waals surface area contributed by atoms with Crippen molar-refractivity contribution >= 4 is 5.97 Å². The van der Waals surface area contributed by atoms with Gasteiger partial charge in [0.2, 0.25) is 0 Å². The van der Waals surface area contributed by atoms with Gasteiger partial charge in [-0.2, -0.15) is 5.10 Å². The maximum absolute atomic E-state index is 11.3. The van der Waals surface area contributed by atoms with Crippen LogP contribution in [0.3, 0.4) is 0 Å². The second-order valence-electron chi connectivity index (χ2n) is 3.93. The summed E-state index contributed by atoms with van der Waals surface area (Å²) in [5.74, 6) is -0.344. The molecule has 0 spiro atoms. The highest BCUT2D eigenvalue weighted by Gasteiger charge is 2.20. The molecule has 0 radical (unpaired) electrons. The topological polar surface area (TPSA) is 56.1 Å². The fraction of sp³-hybridized carbons (Fsp3) is 0.636. The first-order chi connectivity index (χ1) is 7.56. The number of carbonyl (C=O) groups is 1. The number of methoxy groups -OCH3 is 1. The number of aryl methyl sites for hydroxylation is 1. The lowest BCUT2D eigenvalue weighted by molar-refractivity contribution is -0.145. The zero-order chi connectivity index (χ0) is 12.1. The Bertz CT molecular complexity index is 349. The van der Waals surface area contributed by atoms with Crippen molar-refractivity contribution in [3.05, 3.63) is 18.0 Å². The van der Waals surface area contributed by atoms with Crippen LogP contribution in [0.25, 0.3) is 0 Å². The van der Waals surface area contributed by atoms with E-state index in [0.29, 0.717) is 6.54 Å². The summed E-state index contributed by atoms with van der Waals surface area (Å²) in [6, 6.07) is 2.02. The SMILES string of the molecule is COC(=O)C(C)C(C)NCc1ccnn1C. The van der Waals surface area contributed by atoms with Gasteiger partial charge in [-0.3, -0.25) is 9.48 Å². The molecule has 1 heterocycles. The van der Waals surface area contributed by atoms with Gasteiger partial charge in [0.1, 0.15) is 0 Å². The van der Waals surface area contributed by atoms with Gasteiger partial charge < -0.3 is 10.1 Å². The predicted octanol–water partition coefficient (Wildman–Crippen LogP) is 0.707. The highest BCUT2D eigenvalue weighted by Crippen LogP contribution is 2.06. The first kappa shape index (κ1) is 12.7. The van der Waals surface area contributed by atoms with Crippen LogP contribution in [0.4, 0.5) is 0 Å². The van der Waals surface area contributed by atoms with Gasteiger partial charge in [-0.1, -0.05) is 6.92 Å². The van der Waals surface area contributed by atoms with Crippen molar-refractivity contribution in [2.45, 2.75) is 26.4 Å². The van der Waals surface area contributed by atoms with Crippen LogP contribution in [-0.4, -0.2) is 28.9 Å². The van der Waals surface area contributed by atoms with Crippen molar-refractivity contribution in [2.75, 3.05) is 7.11 Å². The average Bonchev–Trinajstić information content (AvgIpc) is 2.69. The van der Waals surface area contributed by atoms with Crippen LogP contribution in [0, 0.1) is 5.92 Å². The summed E-state index contributed by atoms with van der Waals surface area (Å²) in [7, 11) is 3.30. The first-order valence-corrected chi connectivity index (χ1v) is 5.34. The Morgan fingerprint density at radius 1 is 1.62 bits per heavy atom. The van der Waals surface area contributed by atoms with Gasteiger partial charge in [-0.15, -0.1) is 0 Å². The first-order valence-electron chi connectivity index (χ1n) is 5.34. The summed E-state index contributed by atoms with van der Waals surface area (Å²) in [5.41, 5.74) is 1.09. The Morgan fingerprint density at radius 3 is 2.81 bits per heavy atom. The number of ether oxygens (including phenoxy) is 1. The second-order valence-corrected chi connectivity index (χ2v) is 3.93. The Hall–Kier alpha value is -1.36. The molecule has 1 rings (SSSR count). The molecule has 5 nitrogen and oxygen atoms in total. The Morgan fingerprint density at radius 2 is 2.31 bits per heavy atom. The molecule has 0 saturated heterocycles. The van der Waals surface area contributed by atoms with Crippen molar-refractivity contribution in [2.24, 2.45) is 13.0 Å². The molecule has 1 aromatic rings. The van der Waals surface area contributed by atoms with E-state index >= 15 is 0 Å². The Kier molecular flexibility index (Phi) is 4.49. The largest absolute Gasteiger partial charge is 0.469 e. The summed E-state index contributed by atoms with van der Waals surface area (Å²) in [6.07, 6.45) is 1.76. The number of aromatic nitrogens is 2. The fourth-order valence-corrected chi connectivity index (χ4v) is 1.41. The molecule has 0 aliphatic heterocycles. The van der Waals surface area contributed by atoms with E-state index in [9.17, 15) is 4.79 Å². The van der Waals surface area contributed by atoms with E-state index in [1.807, 2.05) is 31.6 Å². The van der Waals surface area contributed by atoms with Gasteiger partial charge in [-0.25, -0.2) is 0 Å². The Labute approximate surface area is 95.8 Å². The fourth-order valence-electron chi connectivity index (χ4n) is 1.41. The van der Waals surface area contributed by atoms with Crippen molar-refractivity contribution in [1.82, 2.24) is 15.1 Å². The molecule has 5 heteroatoms. The third kappa shape index (κ3) is 3.06. The van der Waals surface area contributed by atoms with E-state index in [-0.39, 0.29) is 17.9 Å². The van der Waals surface area contributed by atoms with Crippen LogP contribution in [0.5, 0.6) is 0 Å². The molecule has 1 N–H and O–H groups in total. The lowest BCUT2D eigenvalue weighted by atomic mass is 10.0. The number of hydrogen-bond acceptors (Lipinski definition) is 4. The number of nitrogens with zero attached hydrogens (tertiary/aromatic N) is 2. The zero-order valence-electron chi connectivity index (χ0n) is 10.2. The Balaban J connectivity index is 2.44. The zero-order valence-corrected chi connectivity index (χ0v) is 10.2. The van der Waals surface area contributed by atoms with Crippen LogP contribution in [0.15, 0.2) is 12.3 Å². The number of esters is 1. The smallest absolute Gasteiger partial charge is 0.309 e. The molecule has 2 unspecified atom stereocenters. The lowest BCUT2D eigenvalue weighted by Crippen LogP contribution is -2.36. The number of rotatable bonds is 5. The molecule has 0 amide bonds. The van der Waals surface area contributed by atoms with Crippen LogP contribution >= 0.6 is 0 Å². The summed E-state index contributed by atoms with van der Waals surface area (Å²) in [4.78, 5) is 11.3. The van der Waals surface area contributed by atoms with Crippen molar-refractivity contribution < 1.29 is 9.53 Å². The van der Waals surface area contributed by atoms with E-state index < -0.39 is 0 Å². The minimum absolute atomic E-state index is 0.0716. The predicted molar refractivity (Wildman–Crippen MR) is 60.7 cm³/mol. The molecule has 2 atom stereocenters. The third-order valence-electron chi connectivity index (χ3n) is 2.85. The molecule has 0 saturated carbocycles. The van der Waals surface area contributed by atoms with Crippen LogP contribution in [-0.2, 0) is 23.1 Å². The van der Waals surface area contributed by atoms with Crippen molar-refractivity contribution in [3.8, 4) is 0 Å². The maximum Gasteiger partial charge on any atom is 0.309 e. The summed E-state index contributed by atoms with van der Waals surface area (Å²) >= 11 is 0. The molecule has 0 aliphatic carbocycles. The van der Waals surface area contributed by atoms with E-state index in [2.05, 4.69) is 10.4 Å². The molecule has 0 bridgehead atoms. The number of carbonyl (C=O) groups excluding carboxylic acids is 1. The minimum atomic E-state index is -0.190. The lowest BCUT2D eigenvalue weighted by Gasteiger charge is -2.19. The quantitative estimate of drug-likeness (QED) is 0.750. The third-order valence-corrected chi connectivity index (χ3v) is 2.85. The van der Waals surface area contributed by atoms with E-state index in [1.165, 1.54) is 7.11 Å². The molecule has 0 aromatic carbocycles. The highest BCUT2D eigenvalue weighted by atomic mass is 16.5. The van der Waals surface area contributed by atoms with E-state index in [1.54, 1.807) is 6.20 Å². The van der Waals surface area contributed by atoms with Crippen LogP contribution < -0.4 is 5.32 Å². The van der Waals surface area contributed by atoms with Gasteiger partial charge >= 0.3 is 5.97 Å².